The molecular formula is C17H17F3N3O. The lowest BCUT2D eigenvalue weighted by Crippen LogP contribution is -2.45. The first-order valence-corrected chi connectivity index (χ1v) is 7.61. The standard InChI is InChI=1S/C17H17F3N3O/c1-10-7-11(9-23(8-10)16(21)24)12-4-5-14(17(18,19)20)15-13(12)3-2-6-22-15/h2-6,10H,7-9H2,1H3,(H2,21,24)/t10-/m0/s1. The molecule has 1 aliphatic rings. The molecule has 1 atom stereocenters. The Balaban J connectivity index is 2.09. The van der Waals surface area contributed by atoms with Gasteiger partial charge in [-0.1, -0.05) is 19.1 Å². The van der Waals surface area contributed by atoms with Crippen molar-refractivity contribution in [3.63, 3.8) is 0 Å². The molecule has 7 heteroatoms. The molecule has 1 aliphatic heterocycles. The van der Waals surface area contributed by atoms with Crippen molar-refractivity contribution in [2.75, 3.05) is 13.1 Å². The number of hydrogen-bond donors (Lipinski definition) is 1. The van der Waals surface area contributed by atoms with Crippen LogP contribution in [0.4, 0.5) is 18.0 Å². The summed E-state index contributed by atoms with van der Waals surface area (Å²) >= 11 is 0. The maximum atomic E-state index is 13.2. The number of benzene rings is 1. The quantitative estimate of drug-likeness (QED) is 0.865. The summed E-state index contributed by atoms with van der Waals surface area (Å²) in [5.74, 6) is 1.09. The Morgan fingerprint density at radius 2 is 2.08 bits per heavy atom. The predicted octanol–water partition coefficient (Wildman–Crippen LogP) is 3.60. The second kappa shape index (κ2) is 5.96. The number of fused-ring (bicyclic) bond motifs is 1. The van der Waals surface area contributed by atoms with Crippen LogP contribution in [0.2, 0.25) is 0 Å². The van der Waals surface area contributed by atoms with Crippen LogP contribution < -0.4 is 5.73 Å². The molecule has 0 unspecified atom stereocenters. The van der Waals surface area contributed by atoms with Gasteiger partial charge in [-0.3, -0.25) is 4.98 Å². The number of aromatic nitrogens is 1. The van der Waals surface area contributed by atoms with E-state index in [0.29, 0.717) is 30.5 Å². The average Bonchev–Trinajstić information content (AvgIpc) is 2.52. The van der Waals surface area contributed by atoms with Gasteiger partial charge in [0.05, 0.1) is 11.1 Å². The molecule has 2 heterocycles. The number of halogens is 3. The van der Waals surface area contributed by atoms with E-state index in [-0.39, 0.29) is 11.4 Å². The van der Waals surface area contributed by atoms with E-state index in [1.165, 1.54) is 17.2 Å². The van der Waals surface area contributed by atoms with Crippen molar-refractivity contribution < 1.29 is 18.0 Å². The molecule has 1 fully saturated rings. The third kappa shape index (κ3) is 3.02. The van der Waals surface area contributed by atoms with Crippen LogP contribution in [-0.4, -0.2) is 29.0 Å². The van der Waals surface area contributed by atoms with Crippen LogP contribution in [0.15, 0.2) is 30.5 Å². The normalized spacial score (nSPS) is 19.7. The molecular weight excluding hydrogens is 319 g/mol. The number of urea groups is 1. The Labute approximate surface area is 137 Å². The molecule has 0 aliphatic carbocycles. The van der Waals surface area contributed by atoms with Gasteiger partial charge in [-0.25, -0.2) is 4.79 Å². The summed E-state index contributed by atoms with van der Waals surface area (Å²) in [5, 5.41) is 0.445. The first-order valence-electron chi connectivity index (χ1n) is 7.61. The molecule has 3 rings (SSSR count). The second-order valence-electron chi connectivity index (χ2n) is 6.19. The molecule has 127 valence electrons. The fraction of sp³-hybridized carbons (Fsp3) is 0.353. The number of alkyl halides is 3. The van der Waals surface area contributed by atoms with Gasteiger partial charge in [0.15, 0.2) is 0 Å². The van der Waals surface area contributed by atoms with Crippen LogP contribution >= 0.6 is 0 Å². The smallest absolute Gasteiger partial charge is 0.351 e. The highest BCUT2D eigenvalue weighted by molar-refractivity contribution is 5.87. The lowest BCUT2D eigenvalue weighted by Gasteiger charge is -2.35. The van der Waals surface area contributed by atoms with Gasteiger partial charge in [0.1, 0.15) is 0 Å². The van der Waals surface area contributed by atoms with Crippen molar-refractivity contribution in [3.8, 4) is 0 Å². The Morgan fingerprint density at radius 3 is 2.75 bits per heavy atom. The number of rotatable bonds is 1. The van der Waals surface area contributed by atoms with Gasteiger partial charge in [0.2, 0.25) is 0 Å². The molecule has 24 heavy (non-hydrogen) atoms. The Hall–Kier alpha value is -2.31. The van der Waals surface area contributed by atoms with E-state index in [9.17, 15) is 18.0 Å². The Bertz CT molecular complexity index is 775. The lowest BCUT2D eigenvalue weighted by atomic mass is 9.83. The van der Waals surface area contributed by atoms with Crippen LogP contribution in [0.5, 0.6) is 0 Å². The van der Waals surface area contributed by atoms with Gasteiger partial charge in [-0.15, -0.1) is 0 Å². The van der Waals surface area contributed by atoms with Crippen molar-refractivity contribution in [2.24, 2.45) is 11.7 Å². The molecule has 1 radical (unpaired) electrons. The molecule has 2 amide bonds. The van der Waals surface area contributed by atoms with Gasteiger partial charge in [-0.2, -0.15) is 13.2 Å². The molecule has 1 aromatic heterocycles. The Morgan fingerprint density at radius 1 is 1.33 bits per heavy atom. The zero-order valence-electron chi connectivity index (χ0n) is 13.1. The minimum atomic E-state index is -4.46. The van der Waals surface area contributed by atoms with Gasteiger partial charge < -0.3 is 10.6 Å². The number of likely N-dealkylation sites (tertiary alicyclic amines) is 1. The zero-order chi connectivity index (χ0) is 17.5. The lowest BCUT2D eigenvalue weighted by molar-refractivity contribution is -0.136. The maximum absolute atomic E-state index is 13.2. The number of primary amides is 1. The molecule has 0 spiro atoms. The fourth-order valence-corrected chi connectivity index (χ4v) is 3.29. The van der Waals surface area contributed by atoms with E-state index in [1.807, 2.05) is 6.92 Å². The van der Waals surface area contributed by atoms with E-state index >= 15 is 0 Å². The molecule has 0 saturated carbocycles. The van der Waals surface area contributed by atoms with Crippen molar-refractivity contribution >= 4 is 16.9 Å². The van der Waals surface area contributed by atoms with E-state index in [4.69, 9.17) is 5.73 Å². The van der Waals surface area contributed by atoms with Crippen LogP contribution in [0.3, 0.4) is 0 Å². The third-order valence-corrected chi connectivity index (χ3v) is 4.28. The molecule has 2 aromatic rings. The van der Waals surface area contributed by atoms with Crippen LogP contribution in [0.25, 0.3) is 10.9 Å². The van der Waals surface area contributed by atoms with Gasteiger partial charge in [-0.05, 0) is 30.0 Å². The summed E-state index contributed by atoms with van der Waals surface area (Å²) in [6.45, 7) is 2.87. The van der Waals surface area contributed by atoms with Gasteiger partial charge in [0, 0.05) is 30.6 Å². The first kappa shape index (κ1) is 16.5. The molecule has 0 bridgehead atoms. The average molecular weight is 336 g/mol. The van der Waals surface area contributed by atoms with Gasteiger partial charge >= 0.3 is 12.2 Å². The number of hydrogen-bond acceptors (Lipinski definition) is 2. The number of amides is 2. The summed E-state index contributed by atoms with van der Waals surface area (Å²) in [5.41, 5.74) is 5.25. The maximum Gasteiger partial charge on any atom is 0.418 e. The number of piperidine rings is 1. The van der Waals surface area contributed by atoms with Crippen LogP contribution in [0, 0.1) is 11.8 Å². The summed E-state index contributed by atoms with van der Waals surface area (Å²) < 4.78 is 39.6. The number of carbonyl (C=O) groups is 1. The van der Waals surface area contributed by atoms with E-state index in [1.54, 1.807) is 12.1 Å². The minimum absolute atomic E-state index is 0.0705. The van der Waals surface area contributed by atoms with Crippen molar-refractivity contribution in [2.45, 2.75) is 19.5 Å². The molecule has 2 N–H and O–H groups in total. The fourth-order valence-electron chi connectivity index (χ4n) is 3.29. The summed E-state index contributed by atoms with van der Waals surface area (Å²) in [6, 6.07) is 5.26. The largest absolute Gasteiger partial charge is 0.418 e. The highest BCUT2D eigenvalue weighted by Crippen LogP contribution is 2.38. The summed E-state index contributed by atoms with van der Waals surface area (Å²) in [4.78, 5) is 17.0. The van der Waals surface area contributed by atoms with Crippen molar-refractivity contribution in [1.82, 2.24) is 9.88 Å². The van der Waals surface area contributed by atoms with Crippen LogP contribution in [0.1, 0.15) is 24.5 Å². The molecule has 1 aromatic carbocycles. The second-order valence-corrected chi connectivity index (χ2v) is 6.19. The van der Waals surface area contributed by atoms with E-state index in [2.05, 4.69) is 4.98 Å². The Kier molecular flexibility index (Phi) is 4.11. The van der Waals surface area contributed by atoms with Crippen molar-refractivity contribution in [3.05, 3.63) is 47.5 Å². The topological polar surface area (TPSA) is 59.2 Å². The molecule has 1 saturated heterocycles. The van der Waals surface area contributed by atoms with E-state index < -0.39 is 17.8 Å². The monoisotopic (exact) mass is 336 g/mol. The first-order chi connectivity index (χ1) is 11.3. The highest BCUT2D eigenvalue weighted by Gasteiger charge is 2.35. The number of nitrogens with two attached hydrogens (primary N) is 1. The predicted molar refractivity (Wildman–Crippen MR) is 84.0 cm³/mol. The number of carbonyl (C=O) groups excluding carboxylic acids is 1. The number of nitrogens with zero attached hydrogens (tertiary/aromatic N) is 2. The summed E-state index contributed by atoms with van der Waals surface area (Å²) in [7, 11) is 0. The van der Waals surface area contributed by atoms with Gasteiger partial charge in [0.25, 0.3) is 0 Å². The van der Waals surface area contributed by atoms with E-state index in [0.717, 1.165) is 12.0 Å². The summed E-state index contributed by atoms with van der Waals surface area (Å²) in [6.07, 6.45) is -2.40. The minimum Gasteiger partial charge on any atom is -0.351 e. The third-order valence-electron chi connectivity index (χ3n) is 4.28. The highest BCUT2D eigenvalue weighted by atomic mass is 19.4. The zero-order valence-corrected chi connectivity index (χ0v) is 13.1. The van der Waals surface area contributed by atoms with Crippen LogP contribution in [-0.2, 0) is 6.18 Å². The van der Waals surface area contributed by atoms with Crippen molar-refractivity contribution in [1.29, 1.82) is 0 Å². The number of pyridine rings is 1. The molecule has 4 nitrogen and oxygen atoms in total. The SMILES string of the molecule is C[C@H]1C[C](c2ccc(C(F)(F)F)c3ncccc23)CN(C(N)=O)C1.